The molecule has 0 amide bonds. The van der Waals surface area contributed by atoms with E-state index in [9.17, 15) is 10.1 Å². The molecule has 2 rings (SSSR count). The molecule has 0 saturated heterocycles. The smallest absolute Gasteiger partial charge is 0.270 e. The van der Waals surface area contributed by atoms with Crippen LogP contribution in [0.15, 0.2) is 45.9 Å². The third kappa shape index (κ3) is 2.31. The molecule has 0 fully saturated rings. The normalized spacial score (nSPS) is 10.8. The molecule has 0 saturated carbocycles. The molecule has 2 N–H and O–H groups in total. The molecule has 86 valence electrons. The van der Waals surface area contributed by atoms with Gasteiger partial charge < -0.3 is 10.3 Å². The highest BCUT2D eigenvalue weighted by Gasteiger charge is 2.09. The van der Waals surface area contributed by atoms with Gasteiger partial charge in [0.1, 0.15) is 11.5 Å². The van der Waals surface area contributed by atoms with Crippen molar-refractivity contribution in [2.45, 2.75) is 0 Å². The lowest BCUT2D eigenvalue weighted by Gasteiger charge is -1.96. The van der Waals surface area contributed by atoms with Crippen molar-refractivity contribution in [1.82, 2.24) is 0 Å². The monoisotopic (exact) mass is 231 g/mol. The number of hydrogen-bond acceptors (Lipinski definition) is 5. The van der Waals surface area contributed by atoms with E-state index in [0.29, 0.717) is 17.1 Å². The van der Waals surface area contributed by atoms with Gasteiger partial charge in [0.25, 0.3) is 5.69 Å². The molecule has 0 atom stereocenters. The number of nitro groups is 1. The lowest BCUT2D eigenvalue weighted by Crippen LogP contribution is -1.87. The fraction of sp³-hybridized carbons (Fsp3) is 0. The Morgan fingerprint density at radius 1 is 1.35 bits per heavy atom. The van der Waals surface area contributed by atoms with E-state index < -0.39 is 4.92 Å². The average Bonchev–Trinajstić information content (AvgIpc) is 2.78. The van der Waals surface area contributed by atoms with Gasteiger partial charge in [0, 0.05) is 17.7 Å². The van der Waals surface area contributed by atoms with Crippen LogP contribution in [0.5, 0.6) is 0 Å². The Bertz CT molecular complexity index is 575. The second-order valence-electron chi connectivity index (χ2n) is 3.29. The summed E-state index contributed by atoms with van der Waals surface area (Å²) in [7, 11) is 0. The molecule has 0 bridgehead atoms. The molecular weight excluding hydrogens is 222 g/mol. The van der Waals surface area contributed by atoms with Crippen molar-refractivity contribution in [3.05, 3.63) is 52.3 Å². The lowest BCUT2D eigenvalue weighted by molar-refractivity contribution is -0.384. The van der Waals surface area contributed by atoms with E-state index in [0.717, 1.165) is 0 Å². The van der Waals surface area contributed by atoms with Crippen LogP contribution in [0, 0.1) is 10.1 Å². The maximum Gasteiger partial charge on any atom is 0.270 e. The number of benzene rings is 1. The summed E-state index contributed by atoms with van der Waals surface area (Å²) in [6.45, 7) is 0. The summed E-state index contributed by atoms with van der Waals surface area (Å²) >= 11 is 0. The summed E-state index contributed by atoms with van der Waals surface area (Å²) in [6.07, 6.45) is 1.36. The zero-order valence-corrected chi connectivity index (χ0v) is 8.74. The van der Waals surface area contributed by atoms with Gasteiger partial charge in [-0.2, -0.15) is 5.10 Å². The Kier molecular flexibility index (Phi) is 2.87. The number of furan rings is 1. The quantitative estimate of drug-likeness (QED) is 0.379. The SMILES string of the molecule is N/N=C\c1ccc(-c2cccc([N+](=O)[O-])c2)o1. The van der Waals surface area contributed by atoms with Crippen LogP contribution in [0.2, 0.25) is 0 Å². The minimum atomic E-state index is -0.450. The molecule has 6 heteroatoms. The first-order valence-electron chi connectivity index (χ1n) is 4.78. The number of hydrazone groups is 1. The number of nitrogens with two attached hydrogens (primary N) is 1. The number of rotatable bonds is 3. The Hall–Kier alpha value is -2.63. The highest BCUT2D eigenvalue weighted by Crippen LogP contribution is 2.25. The van der Waals surface area contributed by atoms with Gasteiger partial charge in [0.05, 0.1) is 11.1 Å². The van der Waals surface area contributed by atoms with E-state index >= 15 is 0 Å². The molecule has 0 aliphatic carbocycles. The second-order valence-corrected chi connectivity index (χ2v) is 3.29. The summed E-state index contributed by atoms with van der Waals surface area (Å²) in [6, 6.07) is 9.60. The molecule has 1 aromatic heterocycles. The number of non-ortho nitro benzene ring substituents is 1. The Labute approximate surface area is 96.5 Å². The van der Waals surface area contributed by atoms with Crippen molar-refractivity contribution in [1.29, 1.82) is 0 Å². The van der Waals surface area contributed by atoms with E-state index in [2.05, 4.69) is 5.10 Å². The molecule has 17 heavy (non-hydrogen) atoms. The first-order valence-corrected chi connectivity index (χ1v) is 4.78. The summed E-state index contributed by atoms with van der Waals surface area (Å²) in [4.78, 5) is 10.2. The Morgan fingerprint density at radius 2 is 2.18 bits per heavy atom. The minimum Gasteiger partial charge on any atom is -0.455 e. The van der Waals surface area contributed by atoms with Crippen LogP contribution in [-0.2, 0) is 0 Å². The highest BCUT2D eigenvalue weighted by atomic mass is 16.6. The predicted octanol–water partition coefficient (Wildman–Crippen LogP) is 2.15. The van der Waals surface area contributed by atoms with Gasteiger partial charge in [-0.1, -0.05) is 12.1 Å². The van der Waals surface area contributed by atoms with Crippen molar-refractivity contribution in [2.75, 3.05) is 0 Å². The van der Waals surface area contributed by atoms with Gasteiger partial charge in [-0.05, 0) is 12.1 Å². The molecule has 0 unspecified atom stereocenters. The van der Waals surface area contributed by atoms with Crippen molar-refractivity contribution in [3.63, 3.8) is 0 Å². The first-order chi connectivity index (χ1) is 8.20. The number of nitrogens with zero attached hydrogens (tertiary/aromatic N) is 2. The van der Waals surface area contributed by atoms with Gasteiger partial charge in [-0.3, -0.25) is 10.1 Å². The van der Waals surface area contributed by atoms with Gasteiger partial charge >= 0.3 is 0 Å². The summed E-state index contributed by atoms with van der Waals surface area (Å²) in [5.74, 6) is 6.02. The number of hydrogen-bond donors (Lipinski definition) is 1. The van der Waals surface area contributed by atoms with Crippen LogP contribution in [0.1, 0.15) is 5.76 Å². The van der Waals surface area contributed by atoms with Crippen molar-refractivity contribution < 1.29 is 9.34 Å². The van der Waals surface area contributed by atoms with Crippen LogP contribution in [-0.4, -0.2) is 11.1 Å². The van der Waals surface area contributed by atoms with E-state index in [4.69, 9.17) is 10.3 Å². The van der Waals surface area contributed by atoms with E-state index in [1.165, 1.54) is 18.3 Å². The first kappa shape index (κ1) is 10.9. The third-order valence-corrected chi connectivity index (χ3v) is 2.17. The van der Waals surface area contributed by atoms with Gasteiger partial charge in [0.2, 0.25) is 0 Å². The van der Waals surface area contributed by atoms with Crippen molar-refractivity contribution in [3.8, 4) is 11.3 Å². The average molecular weight is 231 g/mol. The molecule has 1 heterocycles. The Balaban J connectivity index is 2.38. The van der Waals surface area contributed by atoms with E-state index in [1.807, 2.05) is 0 Å². The van der Waals surface area contributed by atoms with Crippen LogP contribution in [0.3, 0.4) is 0 Å². The van der Waals surface area contributed by atoms with Crippen LogP contribution in [0.4, 0.5) is 5.69 Å². The third-order valence-electron chi connectivity index (χ3n) is 2.17. The van der Waals surface area contributed by atoms with Gasteiger partial charge in [-0.15, -0.1) is 0 Å². The molecule has 1 aromatic carbocycles. The fourth-order valence-corrected chi connectivity index (χ4v) is 1.42. The van der Waals surface area contributed by atoms with Crippen molar-refractivity contribution >= 4 is 11.9 Å². The molecule has 0 aliphatic heterocycles. The summed E-state index contributed by atoms with van der Waals surface area (Å²) in [5.41, 5.74) is 0.656. The second kappa shape index (κ2) is 4.48. The molecular formula is C11H9N3O3. The zero-order valence-electron chi connectivity index (χ0n) is 8.74. The molecule has 0 spiro atoms. The highest BCUT2D eigenvalue weighted by molar-refractivity contribution is 5.77. The van der Waals surface area contributed by atoms with E-state index in [1.54, 1.807) is 24.3 Å². The lowest BCUT2D eigenvalue weighted by atomic mass is 10.1. The van der Waals surface area contributed by atoms with Crippen LogP contribution in [0.25, 0.3) is 11.3 Å². The number of nitro benzene ring substituents is 1. The molecule has 0 radical (unpaired) electrons. The Morgan fingerprint density at radius 3 is 2.88 bits per heavy atom. The molecule has 0 aliphatic rings. The van der Waals surface area contributed by atoms with Gasteiger partial charge in [-0.25, -0.2) is 0 Å². The maximum atomic E-state index is 10.6. The summed E-state index contributed by atoms with van der Waals surface area (Å²) in [5, 5.41) is 14.0. The predicted molar refractivity (Wildman–Crippen MR) is 62.6 cm³/mol. The van der Waals surface area contributed by atoms with Crippen LogP contribution < -0.4 is 5.84 Å². The topological polar surface area (TPSA) is 94.7 Å². The minimum absolute atomic E-state index is 0.0212. The maximum absolute atomic E-state index is 10.6. The zero-order chi connectivity index (χ0) is 12.3. The standard InChI is InChI=1S/C11H9N3O3/c12-13-7-10-4-5-11(17-10)8-2-1-3-9(6-8)14(15)16/h1-7H,12H2/b13-7-. The van der Waals surface area contributed by atoms with Crippen LogP contribution >= 0.6 is 0 Å². The summed E-state index contributed by atoms with van der Waals surface area (Å²) < 4.78 is 5.39. The molecule has 6 nitrogen and oxygen atoms in total. The fourth-order valence-electron chi connectivity index (χ4n) is 1.42. The van der Waals surface area contributed by atoms with Gasteiger partial charge in [0.15, 0.2) is 0 Å². The van der Waals surface area contributed by atoms with E-state index in [-0.39, 0.29) is 5.69 Å². The molecule has 2 aromatic rings. The largest absolute Gasteiger partial charge is 0.455 e. The van der Waals surface area contributed by atoms with Crippen molar-refractivity contribution in [2.24, 2.45) is 10.9 Å².